The largest absolute Gasteiger partial charge is 0.504 e. The SMILES string of the molecule is COc1cccc(C(=O)NC2COC2)c1O. The molecular weight excluding hydrogens is 210 g/mol. The maximum atomic E-state index is 11.8. The maximum Gasteiger partial charge on any atom is 0.255 e. The van der Waals surface area contributed by atoms with Crippen LogP contribution in [0.3, 0.4) is 0 Å². The van der Waals surface area contributed by atoms with Gasteiger partial charge in [-0.1, -0.05) is 6.07 Å². The van der Waals surface area contributed by atoms with Crippen LogP contribution in [0.25, 0.3) is 0 Å². The highest BCUT2D eigenvalue weighted by Gasteiger charge is 2.23. The Kier molecular flexibility index (Phi) is 2.96. The zero-order valence-corrected chi connectivity index (χ0v) is 8.90. The Morgan fingerprint density at radius 1 is 1.56 bits per heavy atom. The van der Waals surface area contributed by atoms with Gasteiger partial charge >= 0.3 is 0 Å². The number of phenols is 1. The Balaban J connectivity index is 2.15. The van der Waals surface area contributed by atoms with Gasteiger partial charge in [0.1, 0.15) is 0 Å². The average molecular weight is 223 g/mol. The van der Waals surface area contributed by atoms with Crippen molar-refractivity contribution in [2.75, 3.05) is 20.3 Å². The Morgan fingerprint density at radius 2 is 2.31 bits per heavy atom. The number of rotatable bonds is 3. The molecule has 0 radical (unpaired) electrons. The van der Waals surface area contributed by atoms with Gasteiger partial charge in [-0.05, 0) is 12.1 Å². The summed E-state index contributed by atoms with van der Waals surface area (Å²) in [6.45, 7) is 1.05. The molecule has 1 aliphatic heterocycles. The fraction of sp³-hybridized carbons (Fsp3) is 0.364. The van der Waals surface area contributed by atoms with E-state index >= 15 is 0 Å². The fourth-order valence-corrected chi connectivity index (χ4v) is 1.45. The fourth-order valence-electron chi connectivity index (χ4n) is 1.45. The lowest BCUT2D eigenvalue weighted by atomic mass is 10.1. The van der Waals surface area contributed by atoms with E-state index in [0.29, 0.717) is 13.2 Å². The van der Waals surface area contributed by atoms with Gasteiger partial charge in [-0.15, -0.1) is 0 Å². The Morgan fingerprint density at radius 3 is 2.88 bits per heavy atom. The van der Waals surface area contributed by atoms with Gasteiger partial charge in [0, 0.05) is 0 Å². The van der Waals surface area contributed by atoms with E-state index in [0.717, 1.165) is 0 Å². The normalized spacial score (nSPS) is 15.3. The molecule has 0 spiro atoms. The number of ether oxygens (including phenoxy) is 2. The van der Waals surface area contributed by atoms with Crippen LogP contribution in [0.4, 0.5) is 0 Å². The molecule has 1 aromatic carbocycles. The summed E-state index contributed by atoms with van der Waals surface area (Å²) in [5, 5.41) is 12.5. The summed E-state index contributed by atoms with van der Waals surface area (Å²) >= 11 is 0. The average Bonchev–Trinajstić information content (AvgIpc) is 2.23. The molecule has 2 rings (SSSR count). The van der Waals surface area contributed by atoms with E-state index in [4.69, 9.17) is 9.47 Å². The quantitative estimate of drug-likeness (QED) is 0.784. The van der Waals surface area contributed by atoms with E-state index in [2.05, 4.69) is 5.32 Å². The molecule has 5 heteroatoms. The summed E-state index contributed by atoms with van der Waals surface area (Å²) in [6, 6.07) is 4.84. The number of phenolic OH excluding ortho intramolecular Hbond substituents is 1. The first-order valence-electron chi connectivity index (χ1n) is 4.97. The van der Waals surface area contributed by atoms with Gasteiger partial charge in [0.05, 0.1) is 31.9 Å². The van der Waals surface area contributed by atoms with Crippen LogP contribution in [0.5, 0.6) is 11.5 Å². The summed E-state index contributed by atoms with van der Waals surface area (Å²) in [4.78, 5) is 11.8. The molecular formula is C11H13NO4. The monoisotopic (exact) mass is 223 g/mol. The molecule has 1 heterocycles. The van der Waals surface area contributed by atoms with Crippen molar-refractivity contribution in [3.8, 4) is 11.5 Å². The van der Waals surface area contributed by atoms with Gasteiger partial charge in [-0.25, -0.2) is 0 Å². The lowest BCUT2D eigenvalue weighted by molar-refractivity contribution is -0.00350. The van der Waals surface area contributed by atoms with Crippen molar-refractivity contribution in [1.29, 1.82) is 0 Å². The predicted molar refractivity (Wildman–Crippen MR) is 56.7 cm³/mol. The van der Waals surface area contributed by atoms with Gasteiger partial charge in [0.2, 0.25) is 0 Å². The Labute approximate surface area is 93.0 Å². The minimum Gasteiger partial charge on any atom is -0.504 e. The van der Waals surface area contributed by atoms with E-state index in [9.17, 15) is 9.90 Å². The Hall–Kier alpha value is -1.75. The lowest BCUT2D eigenvalue weighted by Gasteiger charge is -2.26. The zero-order valence-electron chi connectivity index (χ0n) is 8.90. The van der Waals surface area contributed by atoms with Crippen molar-refractivity contribution < 1.29 is 19.4 Å². The molecule has 0 unspecified atom stereocenters. The van der Waals surface area contributed by atoms with Crippen LogP contribution in [0.2, 0.25) is 0 Å². The third-order valence-electron chi connectivity index (χ3n) is 2.44. The molecule has 5 nitrogen and oxygen atoms in total. The number of carbonyl (C=O) groups excluding carboxylic acids is 1. The number of aromatic hydroxyl groups is 1. The van der Waals surface area contributed by atoms with Crippen LogP contribution < -0.4 is 10.1 Å². The second kappa shape index (κ2) is 4.40. The first-order valence-corrected chi connectivity index (χ1v) is 4.97. The van der Waals surface area contributed by atoms with Crippen LogP contribution in [-0.4, -0.2) is 37.4 Å². The van der Waals surface area contributed by atoms with E-state index in [-0.39, 0.29) is 29.0 Å². The number of carbonyl (C=O) groups is 1. The molecule has 0 aromatic heterocycles. The molecule has 1 fully saturated rings. The van der Waals surface area contributed by atoms with Gasteiger partial charge in [0.15, 0.2) is 11.5 Å². The predicted octanol–water partition coefficient (Wildman–Crippen LogP) is 0.529. The van der Waals surface area contributed by atoms with E-state index in [1.807, 2.05) is 0 Å². The number of methoxy groups -OCH3 is 1. The topological polar surface area (TPSA) is 67.8 Å². The van der Waals surface area contributed by atoms with Gasteiger partial charge in [-0.3, -0.25) is 4.79 Å². The zero-order chi connectivity index (χ0) is 11.5. The molecule has 86 valence electrons. The van der Waals surface area contributed by atoms with Crippen molar-refractivity contribution in [3.05, 3.63) is 23.8 Å². The second-order valence-electron chi connectivity index (χ2n) is 3.56. The van der Waals surface area contributed by atoms with Gasteiger partial charge in [0.25, 0.3) is 5.91 Å². The molecule has 0 atom stereocenters. The van der Waals surface area contributed by atoms with Crippen molar-refractivity contribution in [1.82, 2.24) is 5.32 Å². The third-order valence-corrected chi connectivity index (χ3v) is 2.44. The molecule has 2 N–H and O–H groups in total. The minimum absolute atomic E-state index is 0.0399. The number of para-hydroxylation sites is 1. The second-order valence-corrected chi connectivity index (χ2v) is 3.56. The van der Waals surface area contributed by atoms with E-state index in [1.54, 1.807) is 18.2 Å². The van der Waals surface area contributed by atoms with Crippen molar-refractivity contribution in [2.45, 2.75) is 6.04 Å². The molecule has 0 bridgehead atoms. The third kappa shape index (κ3) is 1.94. The summed E-state index contributed by atoms with van der Waals surface area (Å²) in [5.74, 6) is -0.162. The summed E-state index contributed by atoms with van der Waals surface area (Å²) in [5.41, 5.74) is 0.214. The van der Waals surface area contributed by atoms with Crippen molar-refractivity contribution in [2.24, 2.45) is 0 Å². The van der Waals surface area contributed by atoms with Crippen LogP contribution in [0.15, 0.2) is 18.2 Å². The number of nitrogens with one attached hydrogen (secondary N) is 1. The maximum absolute atomic E-state index is 11.8. The molecule has 16 heavy (non-hydrogen) atoms. The lowest BCUT2D eigenvalue weighted by Crippen LogP contribution is -2.48. The Bertz CT molecular complexity index is 401. The first kappa shape index (κ1) is 10.8. The van der Waals surface area contributed by atoms with Crippen molar-refractivity contribution >= 4 is 5.91 Å². The number of benzene rings is 1. The number of hydrogen-bond acceptors (Lipinski definition) is 4. The number of hydrogen-bond donors (Lipinski definition) is 2. The smallest absolute Gasteiger partial charge is 0.255 e. The number of amides is 1. The van der Waals surface area contributed by atoms with Gasteiger partial charge < -0.3 is 19.9 Å². The summed E-state index contributed by atoms with van der Waals surface area (Å²) < 4.78 is 9.87. The molecule has 0 aliphatic carbocycles. The molecule has 0 saturated carbocycles. The van der Waals surface area contributed by atoms with Gasteiger partial charge in [-0.2, -0.15) is 0 Å². The minimum atomic E-state index is -0.315. The highest BCUT2D eigenvalue weighted by Crippen LogP contribution is 2.29. The standard InChI is InChI=1S/C11H13NO4/c1-15-9-4-2-3-8(10(9)13)11(14)12-7-5-16-6-7/h2-4,7,13H,5-6H2,1H3,(H,12,14). The molecule has 1 saturated heterocycles. The van der Waals surface area contributed by atoms with E-state index < -0.39 is 0 Å². The summed E-state index contributed by atoms with van der Waals surface area (Å²) in [7, 11) is 1.44. The van der Waals surface area contributed by atoms with Crippen LogP contribution >= 0.6 is 0 Å². The first-order chi connectivity index (χ1) is 7.72. The molecule has 1 amide bonds. The highest BCUT2D eigenvalue weighted by molar-refractivity contribution is 5.97. The highest BCUT2D eigenvalue weighted by atomic mass is 16.5. The van der Waals surface area contributed by atoms with Crippen LogP contribution in [0, 0.1) is 0 Å². The van der Waals surface area contributed by atoms with Crippen LogP contribution in [-0.2, 0) is 4.74 Å². The summed E-state index contributed by atoms with van der Waals surface area (Å²) in [6.07, 6.45) is 0. The molecule has 1 aromatic rings. The van der Waals surface area contributed by atoms with Crippen LogP contribution in [0.1, 0.15) is 10.4 Å². The van der Waals surface area contributed by atoms with Crippen molar-refractivity contribution in [3.63, 3.8) is 0 Å². The molecule has 1 aliphatic rings. The van der Waals surface area contributed by atoms with E-state index in [1.165, 1.54) is 7.11 Å².